The summed E-state index contributed by atoms with van der Waals surface area (Å²) in [5.41, 5.74) is 0.131. The van der Waals surface area contributed by atoms with E-state index in [4.69, 9.17) is 16.3 Å². The van der Waals surface area contributed by atoms with Crippen LogP contribution in [0.1, 0.15) is 24.8 Å². The second-order valence-corrected chi connectivity index (χ2v) is 12.0. The van der Waals surface area contributed by atoms with Crippen LogP contribution in [0.15, 0.2) is 77.7 Å². The molecule has 0 unspecified atom stereocenters. The molecule has 202 valence electrons. The molecule has 0 radical (unpaired) electrons. The Hall–Kier alpha value is -3.01. The molecular formula is C28H29ClF2N2O4S. The van der Waals surface area contributed by atoms with Gasteiger partial charge in [0, 0.05) is 43.5 Å². The smallest absolute Gasteiger partial charge is 0.243 e. The van der Waals surface area contributed by atoms with E-state index in [1.54, 1.807) is 36.2 Å². The highest BCUT2D eigenvalue weighted by atomic mass is 35.5. The van der Waals surface area contributed by atoms with Gasteiger partial charge in [-0.2, -0.15) is 4.31 Å². The number of nitrogens with zero attached hydrogens (tertiary/aromatic N) is 2. The Balaban J connectivity index is 1.58. The van der Waals surface area contributed by atoms with Crippen molar-refractivity contribution in [1.29, 1.82) is 0 Å². The van der Waals surface area contributed by atoms with Gasteiger partial charge in [-0.05, 0) is 60.9 Å². The predicted molar refractivity (Wildman–Crippen MR) is 141 cm³/mol. The second kappa shape index (κ2) is 11.8. The normalized spacial score (nSPS) is 18.2. The lowest BCUT2D eigenvalue weighted by Gasteiger charge is -2.42. The van der Waals surface area contributed by atoms with Crippen LogP contribution in [0.25, 0.3) is 0 Å². The number of sulfonamides is 1. The van der Waals surface area contributed by atoms with Crippen molar-refractivity contribution in [2.75, 3.05) is 26.7 Å². The minimum atomic E-state index is -4.14. The van der Waals surface area contributed by atoms with Crippen molar-refractivity contribution >= 4 is 27.5 Å². The van der Waals surface area contributed by atoms with Gasteiger partial charge in [-0.1, -0.05) is 41.9 Å². The van der Waals surface area contributed by atoms with E-state index in [2.05, 4.69) is 0 Å². The van der Waals surface area contributed by atoms with Gasteiger partial charge in [0.2, 0.25) is 15.9 Å². The molecule has 0 aliphatic carbocycles. The monoisotopic (exact) mass is 562 g/mol. The van der Waals surface area contributed by atoms with Gasteiger partial charge < -0.3 is 9.64 Å². The number of ether oxygens (including phenoxy) is 1. The summed E-state index contributed by atoms with van der Waals surface area (Å²) in [6.45, 7) is 0.679. The first-order valence-corrected chi connectivity index (χ1v) is 14.0. The topological polar surface area (TPSA) is 66.9 Å². The van der Waals surface area contributed by atoms with Crippen molar-refractivity contribution < 1.29 is 26.7 Å². The van der Waals surface area contributed by atoms with Gasteiger partial charge in [0.15, 0.2) is 11.6 Å². The molecule has 38 heavy (non-hydrogen) atoms. The van der Waals surface area contributed by atoms with Crippen LogP contribution in [0.2, 0.25) is 5.02 Å². The molecule has 0 bridgehead atoms. The minimum Gasteiger partial charge on any atom is -0.493 e. The Bertz CT molecular complexity index is 1370. The molecule has 3 aromatic rings. The fourth-order valence-corrected chi connectivity index (χ4v) is 6.37. The van der Waals surface area contributed by atoms with Crippen LogP contribution >= 0.6 is 11.6 Å². The fraction of sp³-hybridized carbons (Fsp3) is 0.321. The molecule has 1 saturated heterocycles. The standard InChI is InChI=1S/C28H29ClF2N2O4S/c1-32(18-21-6-3-2-4-7-21)27(34)17-28(20-37-23-10-8-22(29)9-11-23)14-5-15-33(19-28)38(35,36)24-12-13-25(30)26(31)16-24/h2-4,6-13,16H,5,14-15,17-20H2,1H3/t28-/m0/s1. The number of hydrogen-bond acceptors (Lipinski definition) is 4. The molecule has 6 nitrogen and oxygen atoms in total. The van der Waals surface area contributed by atoms with Gasteiger partial charge in [-0.3, -0.25) is 4.79 Å². The first-order chi connectivity index (χ1) is 18.1. The van der Waals surface area contributed by atoms with Gasteiger partial charge in [0.1, 0.15) is 5.75 Å². The van der Waals surface area contributed by atoms with Gasteiger partial charge in [-0.25, -0.2) is 17.2 Å². The zero-order chi connectivity index (χ0) is 27.3. The Morgan fingerprint density at radius 1 is 1.05 bits per heavy atom. The average molecular weight is 563 g/mol. The number of halogens is 3. The van der Waals surface area contributed by atoms with Crippen molar-refractivity contribution in [2.45, 2.75) is 30.7 Å². The lowest BCUT2D eigenvalue weighted by atomic mass is 9.78. The third-order valence-electron chi connectivity index (χ3n) is 6.73. The van der Waals surface area contributed by atoms with Gasteiger partial charge in [-0.15, -0.1) is 0 Å². The van der Waals surface area contributed by atoms with Crippen LogP contribution in [0.5, 0.6) is 5.75 Å². The highest BCUT2D eigenvalue weighted by Crippen LogP contribution is 2.37. The van der Waals surface area contributed by atoms with Crippen LogP contribution in [0, 0.1) is 17.0 Å². The van der Waals surface area contributed by atoms with Gasteiger partial charge in [0.25, 0.3) is 0 Å². The van der Waals surface area contributed by atoms with Crippen LogP contribution < -0.4 is 4.74 Å². The number of hydrogen-bond donors (Lipinski definition) is 0. The fourth-order valence-electron chi connectivity index (χ4n) is 4.64. The average Bonchev–Trinajstić information content (AvgIpc) is 2.90. The van der Waals surface area contributed by atoms with Crippen molar-refractivity contribution in [3.8, 4) is 5.75 Å². The summed E-state index contributed by atoms with van der Waals surface area (Å²) < 4.78 is 61.4. The zero-order valence-electron chi connectivity index (χ0n) is 20.9. The van der Waals surface area contributed by atoms with E-state index in [1.165, 1.54) is 4.31 Å². The lowest BCUT2D eigenvalue weighted by Crippen LogP contribution is -2.50. The molecule has 1 heterocycles. The molecule has 4 rings (SSSR count). The highest BCUT2D eigenvalue weighted by Gasteiger charge is 2.43. The highest BCUT2D eigenvalue weighted by molar-refractivity contribution is 7.89. The Labute approximate surface area is 226 Å². The molecule has 1 amide bonds. The van der Waals surface area contributed by atoms with Crippen LogP contribution in [-0.2, 0) is 21.4 Å². The van der Waals surface area contributed by atoms with E-state index >= 15 is 0 Å². The SMILES string of the molecule is CN(Cc1ccccc1)C(=O)C[C@@]1(COc2ccc(Cl)cc2)CCCN(S(=O)(=O)c2ccc(F)c(F)c2)C1. The van der Waals surface area contributed by atoms with Crippen molar-refractivity contribution in [1.82, 2.24) is 9.21 Å². The Kier molecular flexibility index (Phi) is 8.70. The molecule has 3 aromatic carbocycles. The summed E-state index contributed by atoms with van der Waals surface area (Å²) in [4.78, 5) is 14.7. The van der Waals surface area contributed by atoms with E-state index in [9.17, 15) is 22.0 Å². The first-order valence-electron chi connectivity index (χ1n) is 12.2. The number of amides is 1. The number of piperidine rings is 1. The van der Waals surface area contributed by atoms with E-state index in [0.717, 1.165) is 17.7 Å². The summed E-state index contributed by atoms with van der Waals surface area (Å²) in [5, 5.41) is 0.547. The molecule has 0 spiro atoms. The minimum absolute atomic E-state index is 0.00711. The van der Waals surface area contributed by atoms with Crippen LogP contribution in [-0.4, -0.2) is 50.3 Å². The summed E-state index contributed by atoms with van der Waals surface area (Å²) in [5.74, 6) is -1.97. The summed E-state index contributed by atoms with van der Waals surface area (Å²) >= 11 is 5.98. The molecule has 1 fully saturated rings. The molecule has 1 atom stereocenters. The third kappa shape index (κ3) is 6.70. The molecule has 10 heteroatoms. The number of carbonyl (C=O) groups excluding carboxylic acids is 1. The Morgan fingerprint density at radius 2 is 1.76 bits per heavy atom. The van der Waals surface area contributed by atoms with Crippen molar-refractivity contribution in [3.05, 3.63) is 95.0 Å². The number of benzene rings is 3. The number of carbonyl (C=O) groups is 1. The Morgan fingerprint density at radius 3 is 2.45 bits per heavy atom. The molecule has 1 aliphatic heterocycles. The maximum absolute atomic E-state index is 13.9. The molecule has 0 aromatic heterocycles. The predicted octanol–water partition coefficient (Wildman–Crippen LogP) is 5.52. The zero-order valence-corrected chi connectivity index (χ0v) is 22.5. The van der Waals surface area contributed by atoms with E-state index < -0.39 is 27.1 Å². The second-order valence-electron chi connectivity index (χ2n) is 9.67. The van der Waals surface area contributed by atoms with Crippen molar-refractivity contribution in [3.63, 3.8) is 0 Å². The summed E-state index contributed by atoms with van der Waals surface area (Å²) in [7, 11) is -2.43. The molecule has 1 aliphatic rings. The van der Waals surface area contributed by atoms with E-state index in [1.807, 2.05) is 30.3 Å². The lowest BCUT2D eigenvalue weighted by molar-refractivity contribution is -0.134. The summed E-state index contributed by atoms with van der Waals surface area (Å²) in [6, 6.07) is 18.9. The largest absolute Gasteiger partial charge is 0.493 e. The van der Waals surface area contributed by atoms with Crippen LogP contribution in [0.4, 0.5) is 8.78 Å². The van der Waals surface area contributed by atoms with Crippen molar-refractivity contribution in [2.24, 2.45) is 5.41 Å². The van der Waals surface area contributed by atoms with Crippen LogP contribution in [0.3, 0.4) is 0 Å². The molecular weight excluding hydrogens is 534 g/mol. The molecule has 0 N–H and O–H groups in total. The van der Waals surface area contributed by atoms with E-state index in [0.29, 0.717) is 36.2 Å². The maximum atomic E-state index is 13.9. The first kappa shape index (κ1) is 28.0. The van der Waals surface area contributed by atoms with Gasteiger partial charge >= 0.3 is 0 Å². The van der Waals surface area contributed by atoms with Gasteiger partial charge in [0.05, 0.1) is 11.5 Å². The number of rotatable bonds is 9. The molecule has 0 saturated carbocycles. The van der Waals surface area contributed by atoms with E-state index in [-0.39, 0.29) is 36.9 Å². The maximum Gasteiger partial charge on any atom is 0.243 e. The summed E-state index contributed by atoms with van der Waals surface area (Å²) in [6.07, 6.45) is 1.07. The quantitative estimate of drug-likeness (QED) is 0.345. The third-order valence-corrected chi connectivity index (χ3v) is 8.82.